The largest absolute Gasteiger partial charge is 0.390 e. The van der Waals surface area contributed by atoms with Gasteiger partial charge in [0.05, 0.1) is 17.8 Å². The Labute approximate surface area is 145 Å². The molecule has 3 rings (SSSR count). The van der Waals surface area contributed by atoms with Gasteiger partial charge in [-0.25, -0.2) is 4.39 Å². The van der Waals surface area contributed by atoms with Gasteiger partial charge >= 0.3 is 0 Å². The molecule has 0 spiro atoms. The van der Waals surface area contributed by atoms with Crippen LogP contribution in [0.1, 0.15) is 29.8 Å². The Morgan fingerprint density at radius 3 is 2.64 bits per heavy atom. The standard InChI is InChI=1S/C18H22FN3O3/c1-21(14-4-3-5-16(23)17(14)24)18(25)13-10-15(22(2)20-13)11-6-8-12(19)9-7-11/h6-10,14,16-17,23-24H,3-5H2,1-2H3/t14-,16-,17-/m1/s1. The summed E-state index contributed by atoms with van der Waals surface area (Å²) in [6, 6.07) is 7.19. The summed E-state index contributed by atoms with van der Waals surface area (Å²) in [4.78, 5) is 14.2. The number of halogens is 1. The summed E-state index contributed by atoms with van der Waals surface area (Å²) in [6.07, 6.45) is 0.162. The number of carbonyl (C=O) groups excluding carboxylic acids is 1. The molecule has 0 aliphatic heterocycles. The van der Waals surface area contributed by atoms with Crippen LogP contribution in [-0.2, 0) is 7.05 Å². The van der Waals surface area contributed by atoms with E-state index in [-0.39, 0.29) is 17.4 Å². The Bertz CT molecular complexity index is 759. The molecule has 0 saturated heterocycles. The minimum atomic E-state index is -0.956. The second-order valence-corrected chi connectivity index (χ2v) is 6.52. The van der Waals surface area contributed by atoms with Gasteiger partial charge in [0, 0.05) is 14.1 Å². The van der Waals surface area contributed by atoms with Crippen molar-refractivity contribution in [1.29, 1.82) is 0 Å². The van der Waals surface area contributed by atoms with Crippen LogP contribution in [-0.4, -0.2) is 56.1 Å². The molecule has 2 aromatic rings. The topological polar surface area (TPSA) is 78.6 Å². The van der Waals surface area contributed by atoms with E-state index in [1.54, 1.807) is 37.0 Å². The van der Waals surface area contributed by atoms with E-state index >= 15 is 0 Å². The highest BCUT2D eigenvalue weighted by Gasteiger charge is 2.35. The molecule has 1 saturated carbocycles. The number of hydrogen-bond donors (Lipinski definition) is 2. The van der Waals surface area contributed by atoms with Gasteiger partial charge in [-0.3, -0.25) is 9.48 Å². The van der Waals surface area contributed by atoms with E-state index < -0.39 is 18.2 Å². The maximum atomic E-state index is 13.1. The van der Waals surface area contributed by atoms with E-state index in [1.165, 1.54) is 17.0 Å². The van der Waals surface area contributed by atoms with Crippen LogP contribution in [0.4, 0.5) is 4.39 Å². The van der Waals surface area contributed by atoms with Gasteiger partial charge in [0.15, 0.2) is 5.69 Å². The monoisotopic (exact) mass is 347 g/mol. The lowest BCUT2D eigenvalue weighted by atomic mass is 9.89. The Balaban J connectivity index is 1.83. The first-order valence-corrected chi connectivity index (χ1v) is 8.31. The molecule has 1 heterocycles. The Hall–Kier alpha value is -2.25. The first-order chi connectivity index (χ1) is 11.9. The van der Waals surface area contributed by atoms with Gasteiger partial charge < -0.3 is 15.1 Å². The zero-order valence-corrected chi connectivity index (χ0v) is 14.3. The van der Waals surface area contributed by atoms with Crippen molar-refractivity contribution < 1.29 is 19.4 Å². The quantitative estimate of drug-likeness (QED) is 0.883. The fourth-order valence-corrected chi connectivity index (χ4v) is 3.35. The molecule has 1 aromatic carbocycles. The summed E-state index contributed by atoms with van der Waals surface area (Å²) in [5, 5.41) is 24.2. The molecule has 6 nitrogen and oxygen atoms in total. The number of aliphatic hydroxyl groups excluding tert-OH is 2. The smallest absolute Gasteiger partial charge is 0.274 e. The number of amides is 1. The number of hydrogen-bond acceptors (Lipinski definition) is 4. The molecule has 134 valence electrons. The summed E-state index contributed by atoms with van der Waals surface area (Å²) >= 11 is 0. The Kier molecular flexibility index (Phi) is 4.87. The van der Waals surface area contributed by atoms with Crippen molar-refractivity contribution in [2.75, 3.05) is 7.05 Å². The SMILES string of the molecule is CN(C(=O)c1cc(-c2ccc(F)cc2)n(C)n1)[C@@H]1CCC[C@@H](O)[C@@H]1O. The molecule has 1 amide bonds. The minimum Gasteiger partial charge on any atom is -0.390 e. The summed E-state index contributed by atoms with van der Waals surface area (Å²) in [5.74, 6) is -0.645. The average molecular weight is 347 g/mol. The van der Waals surface area contributed by atoms with Crippen LogP contribution in [0, 0.1) is 5.82 Å². The molecule has 1 fully saturated rings. The van der Waals surface area contributed by atoms with Crippen molar-refractivity contribution in [3.05, 3.63) is 41.8 Å². The zero-order chi connectivity index (χ0) is 18.1. The van der Waals surface area contributed by atoms with Gasteiger partial charge in [-0.2, -0.15) is 5.10 Å². The molecule has 1 aromatic heterocycles. The van der Waals surface area contributed by atoms with E-state index in [0.29, 0.717) is 18.5 Å². The Morgan fingerprint density at radius 1 is 1.28 bits per heavy atom. The third-order valence-electron chi connectivity index (χ3n) is 4.84. The predicted octanol–water partition coefficient (Wildman–Crippen LogP) is 1.57. The fourth-order valence-electron chi connectivity index (χ4n) is 3.35. The zero-order valence-electron chi connectivity index (χ0n) is 14.3. The number of aryl methyl sites for hydroxylation is 1. The van der Waals surface area contributed by atoms with Crippen molar-refractivity contribution in [2.45, 2.75) is 37.5 Å². The third-order valence-corrected chi connectivity index (χ3v) is 4.84. The highest BCUT2D eigenvalue weighted by Crippen LogP contribution is 2.25. The van der Waals surface area contributed by atoms with Gasteiger partial charge in [0.25, 0.3) is 5.91 Å². The fraction of sp³-hybridized carbons (Fsp3) is 0.444. The van der Waals surface area contributed by atoms with Gasteiger partial charge in [-0.05, 0) is 55.2 Å². The summed E-state index contributed by atoms with van der Waals surface area (Å²) in [6.45, 7) is 0. The normalized spacial score (nSPS) is 23.5. The number of aromatic nitrogens is 2. The molecule has 25 heavy (non-hydrogen) atoms. The lowest BCUT2D eigenvalue weighted by Gasteiger charge is -2.37. The van der Waals surface area contributed by atoms with Crippen molar-refractivity contribution in [2.24, 2.45) is 7.05 Å². The van der Waals surface area contributed by atoms with E-state index in [2.05, 4.69) is 5.10 Å². The number of aliphatic hydroxyl groups is 2. The van der Waals surface area contributed by atoms with Crippen LogP contribution in [0.15, 0.2) is 30.3 Å². The molecule has 0 bridgehead atoms. The maximum absolute atomic E-state index is 13.1. The predicted molar refractivity (Wildman–Crippen MR) is 90.3 cm³/mol. The summed E-state index contributed by atoms with van der Waals surface area (Å²) < 4.78 is 14.7. The van der Waals surface area contributed by atoms with Crippen LogP contribution in [0.2, 0.25) is 0 Å². The van der Waals surface area contributed by atoms with Crippen molar-refractivity contribution in [3.63, 3.8) is 0 Å². The number of carbonyl (C=O) groups is 1. The highest BCUT2D eigenvalue weighted by molar-refractivity contribution is 5.93. The molecular weight excluding hydrogens is 325 g/mol. The number of rotatable bonds is 3. The van der Waals surface area contributed by atoms with E-state index in [9.17, 15) is 19.4 Å². The van der Waals surface area contributed by atoms with Crippen molar-refractivity contribution in [1.82, 2.24) is 14.7 Å². The second-order valence-electron chi connectivity index (χ2n) is 6.52. The van der Waals surface area contributed by atoms with Crippen molar-refractivity contribution >= 4 is 5.91 Å². The van der Waals surface area contributed by atoms with E-state index in [4.69, 9.17) is 0 Å². The second kappa shape index (κ2) is 6.93. The van der Waals surface area contributed by atoms with Gasteiger partial charge in [0.1, 0.15) is 11.9 Å². The molecule has 0 unspecified atom stereocenters. The number of nitrogens with zero attached hydrogens (tertiary/aromatic N) is 3. The number of benzene rings is 1. The lowest BCUT2D eigenvalue weighted by molar-refractivity contribution is -0.0527. The first-order valence-electron chi connectivity index (χ1n) is 8.31. The van der Waals surface area contributed by atoms with E-state index in [1.807, 2.05) is 0 Å². The van der Waals surface area contributed by atoms with Crippen LogP contribution in [0.25, 0.3) is 11.3 Å². The molecule has 3 atom stereocenters. The van der Waals surface area contributed by atoms with Crippen LogP contribution < -0.4 is 0 Å². The molecule has 1 aliphatic carbocycles. The number of likely N-dealkylation sites (N-methyl/N-ethyl adjacent to an activating group) is 1. The molecular formula is C18H22FN3O3. The third kappa shape index (κ3) is 3.43. The summed E-state index contributed by atoms with van der Waals surface area (Å²) in [5.41, 5.74) is 1.70. The van der Waals surface area contributed by atoms with Crippen LogP contribution in [0.5, 0.6) is 0 Å². The van der Waals surface area contributed by atoms with E-state index in [0.717, 1.165) is 12.0 Å². The summed E-state index contributed by atoms with van der Waals surface area (Å²) in [7, 11) is 3.33. The average Bonchev–Trinajstić information content (AvgIpc) is 2.98. The minimum absolute atomic E-state index is 0.247. The highest BCUT2D eigenvalue weighted by atomic mass is 19.1. The van der Waals surface area contributed by atoms with Crippen LogP contribution >= 0.6 is 0 Å². The van der Waals surface area contributed by atoms with Gasteiger partial charge in [-0.1, -0.05) is 0 Å². The van der Waals surface area contributed by atoms with Crippen molar-refractivity contribution in [3.8, 4) is 11.3 Å². The maximum Gasteiger partial charge on any atom is 0.274 e. The van der Waals surface area contributed by atoms with Gasteiger partial charge in [0.2, 0.25) is 0 Å². The van der Waals surface area contributed by atoms with Crippen LogP contribution in [0.3, 0.4) is 0 Å². The molecule has 7 heteroatoms. The van der Waals surface area contributed by atoms with Gasteiger partial charge in [-0.15, -0.1) is 0 Å². The first kappa shape index (κ1) is 17.6. The molecule has 2 N–H and O–H groups in total. The Morgan fingerprint density at radius 2 is 1.96 bits per heavy atom. The molecule has 0 radical (unpaired) electrons. The lowest BCUT2D eigenvalue weighted by Crippen LogP contribution is -2.51. The molecule has 1 aliphatic rings.